The Morgan fingerprint density at radius 2 is 2.00 bits per heavy atom. The van der Waals surface area contributed by atoms with Gasteiger partial charge in [0.2, 0.25) is 0 Å². The normalized spacial score (nSPS) is 11.9. The van der Waals surface area contributed by atoms with E-state index in [1.165, 1.54) is 0 Å². The van der Waals surface area contributed by atoms with Crippen LogP contribution in [0.4, 0.5) is 4.39 Å². The summed E-state index contributed by atoms with van der Waals surface area (Å²) in [5.41, 5.74) is 0.362. The Morgan fingerprint density at radius 1 is 1.47 bits per heavy atom. The number of phenols is 1. The number of halogens is 2. The molecule has 15 heavy (non-hydrogen) atoms. The predicted molar refractivity (Wildman–Crippen MR) is 60.6 cm³/mol. The fourth-order valence-electron chi connectivity index (χ4n) is 1.33. The van der Waals surface area contributed by atoms with Crippen LogP contribution in [0, 0.1) is 12.7 Å². The average molecular weight is 277 g/mol. The molecule has 2 nitrogen and oxygen atoms in total. The third-order valence-corrected chi connectivity index (χ3v) is 3.48. The lowest BCUT2D eigenvalue weighted by Gasteiger charge is -2.24. The molecular weight excluding hydrogens is 263 g/mol. The summed E-state index contributed by atoms with van der Waals surface area (Å²) in [4.78, 5) is 0. The second-order valence-corrected chi connectivity index (χ2v) is 5.05. The maximum absolute atomic E-state index is 13.7. The predicted octanol–water partition coefficient (Wildman–Crippen LogP) is 2.87. The molecule has 0 radical (unpaired) electrons. The first-order chi connectivity index (χ1) is 6.81. The van der Waals surface area contributed by atoms with Crippen LogP contribution >= 0.6 is 15.9 Å². The number of rotatable bonds is 2. The molecule has 0 bridgehead atoms. The Balaban J connectivity index is 3.45. The van der Waals surface area contributed by atoms with Crippen molar-refractivity contribution in [1.29, 1.82) is 0 Å². The zero-order valence-electron chi connectivity index (χ0n) is 8.93. The number of phenolic OH excluding ortho intramolecular Hbond substituents is 1. The number of hydrogen-bond donors (Lipinski definition) is 2. The van der Waals surface area contributed by atoms with Gasteiger partial charge in [-0.25, -0.2) is 4.39 Å². The van der Waals surface area contributed by atoms with Gasteiger partial charge in [-0.2, -0.15) is 0 Å². The third-order valence-electron chi connectivity index (χ3n) is 2.48. The summed E-state index contributed by atoms with van der Waals surface area (Å²) < 4.78 is 14.1. The van der Waals surface area contributed by atoms with Gasteiger partial charge in [0.25, 0.3) is 0 Å². The number of hydrogen-bond acceptors (Lipinski definition) is 2. The molecule has 0 saturated heterocycles. The number of aliphatic hydroxyl groups is 1. The van der Waals surface area contributed by atoms with E-state index in [2.05, 4.69) is 15.9 Å². The van der Waals surface area contributed by atoms with E-state index in [9.17, 15) is 9.50 Å². The molecule has 0 aliphatic rings. The minimum absolute atomic E-state index is 0.176. The molecule has 4 heteroatoms. The van der Waals surface area contributed by atoms with Crippen LogP contribution in [0.3, 0.4) is 0 Å². The molecule has 0 aliphatic heterocycles. The zero-order valence-corrected chi connectivity index (χ0v) is 10.5. The molecule has 1 aromatic rings. The van der Waals surface area contributed by atoms with E-state index in [0.717, 1.165) is 5.56 Å². The minimum atomic E-state index is -0.701. The van der Waals surface area contributed by atoms with Crippen LogP contribution in [0.25, 0.3) is 0 Å². The molecule has 1 aromatic carbocycles. The number of benzene rings is 1. The van der Waals surface area contributed by atoms with Gasteiger partial charge in [-0.05, 0) is 34.0 Å². The summed E-state index contributed by atoms with van der Waals surface area (Å²) >= 11 is 3.10. The van der Waals surface area contributed by atoms with Gasteiger partial charge in [-0.1, -0.05) is 19.9 Å². The van der Waals surface area contributed by atoms with E-state index < -0.39 is 17.0 Å². The highest BCUT2D eigenvalue weighted by Crippen LogP contribution is 2.37. The van der Waals surface area contributed by atoms with Gasteiger partial charge in [-0.3, -0.25) is 0 Å². The quantitative estimate of drug-likeness (QED) is 0.872. The van der Waals surface area contributed by atoms with Crippen LogP contribution in [0.5, 0.6) is 5.75 Å². The van der Waals surface area contributed by atoms with Crippen molar-refractivity contribution in [3.63, 3.8) is 0 Å². The monoisotopic (exact) mass is 276 g/mol. The van der Waals surface area contributed by atoms with Crippen molar-refractivity contribution in [2.24, 2.45) is 0 Å². The Labute approximate surface area is 96.9 Å². The minimum Gasteiger partial charge on any atom is -0.504 e. The molecule has 1 rings (SSSR count). The van der Waals surface area contributed by atoms with Crippen molar-refractivity contribution in [3.05, 3.63) is 27.5 Å². The number of aliphatic hydroxyl groups excluding tert-OH is 1. The van der Waals surface area contributed by atoms with Crippen molar-refractivity contribution >= 4 is 15.9 Å². The van der Waals surface area contributed by atoms with Crippen LogP contribution in [-0.2, 0) is 5.41 Å². The Bertz CT molecular complexity index is 389. The summed E-state index contributed by atoms with van der Waals surface area (Å²) in [6.45, 7) is 5.03. The molecule has 0 fully saturated rings. The van der Waals surface area contributed by atoms with Crippen molar-refractivity contribution in [1.82, 2.24) is 0 Å². The van der Waals surface area contributed by atoms with Gasteiger partial charge in [0.05, 0.1) is 11.1 Å². The molecule has 0 heterocycles. The first-order valence-corrected chi connectivity index (χ1v) is 5.39. The largest absolute Gasteiger partial charge is 0.504 e. The molecule has 0 aliphatic carbocycles. The van der Waals surface area contributed by atoms with Gasteiger partial charge < -0.3 is 10.2 Å². The summed E-state index contributed by atoms with van der Waals surface area (Å²) in [6, 6.07) is 1.63. The second-order valence-electron chi connectivity index (χ2n) is 4.26. The molecule has 0 saturated carbocycles. The lowest BCUT2D eigenvalue weighted by atomic mass is 9.84. The number of aryl methyl sites for hydroxylation is 1. The van der Waals surface area contributed by atoms with E-state index in [4.69, 9.17) is 5.11 Å². The van der Waals surface area contributed by atoms with Crippen molar-refractivity contribution in [2.75, 3.05) is 6.61 Å². The average Bonchev–Trinajstić information content (AvgIpc) is 2.20. The highest BCUT2D eigenvalue weighted by molar-refractivity contribution is 9.10. The third kappa shape index (κ3) is 2.16. The van der Waals surface area contributed by atoms with Crippen molar-refractivity contribution in [3.8, 4) is 5.75 Å². The van der Waals surface area contributed by atoms with Crippen LogP contribution in [0.15, 0.2) is 10.5 Å². The molecule has 84 valence electrons. The fourth-order valence-corrected chi connectivity index (χ4v) is 1.62. The van der Waals surface area contributed by atoms with E-state index in [1.54, 1.807) is 26.8 Å². The zero-order chi connectivity index (χ0) is 11.8. The maximum Gasteiger partial charge on any atom is 0.169 e. The highest BCUT2D eigenvalue weighted by Gasteiger charge is 2.26. The van der Waals surface area contributed by atoms with Crippen molar-refractivity contribution < 1.29 is 14.6 Å². The standard InChI is InChI=1S/C11H14BrFO2/c1-6-4-7(11(2,3)5-14)9(13)10(15)8(6)12/h4,14-15H,5H2,1-3H3. The molecule has 2 N–H and O–H groups in total. The fraction of sp³-hybridized carbons (Fsp3) is 0.455. The molecule has 0 spiro atoms. The van der Waals surface area contributed by atoms with Gasteiger partial charge in [0.15, 0.2) is 11.6 Å². The van der Waals surface area contributed by atoms with E-state index >= 15 is 0 Å². The smallest absolute Gasteiger partial charge is 0.169 e. The lowest BCUT2D eigenvalue weighted by Crippen LogP contribution is -2.23. The summed E-state index contributed by atoms with van der Waals surface area (Å²) in [5, 5.41) is 18.7. The summed E-state index contributed by atoms with van der Waals surface area (Å²) in [7, 11) is 0. The van der Waals surface area contributed by atoms with Crippen LogP contribution in [0.1, 0.15) is 25.0 Å². The van der Waals surface area contributed by atoms with E-state index in [-0.39, 0.29) is 6.61 Å². The lowest BCUT2D eigenvalue weighted by molar-refractivity contribution is 0.214. The molecule has 0 unspecified atom stereocenters. The molecule has 0 atom stereocenters. The van der Waals surface area contributed by atoms with Gasteiger partial charge >= 0.3 is 0 Å². The first kappa shape index (κ1) is 12.5. The Morgan fingerprint density at radius 3 is 2.47 bits per heavy atom. The Hall–Kier alpha value is -0.610. The van der Waals surface area contributed by atoms with Gasteiger partial charge in [-0.15, -0.1) is 0 Å². The molecular formula is C11H14BrFO2. The highest BCUT2D eigenvalue weighted by atomic mass is 79.9. The first-order valence-electron chi connectivity index (χ1n) is 4.60. The van der Waals surface area contributed by atoms with Crippen LogP contribution in [-0.4, -0.2) is 16.8 Å². The second kappa shape index (κ2) is 4.10. The van der Waals surface area contributed by atoms with Gasteiger partial charge in [0.1, 0.15) is 0 Å². The van der Waals surface area contributed by atoms with Gasteiger partial charge in [0, 0.05) is 5.41 Å². The van der Waals surface area contributed by atoms with Crippen LogP contribution in [0.2, 0.25) is 0 Å². The van der Waals surface area contributed by atoms with Crippen molar-refractivity contribution in [2.45, 2.75) is 26.2 Å². The summed E-state index contributed by atoms with van der Waals surface area (Å²) in [6.07, 6.45) is 0. The Kier molecular flexibility index (Phi) is 3.41. The molecule has 0 aromatic heterocycles. The van der Waals surface area contributed by atoms with E-state index in [1.807, 2.05) is 0 Å². The van der Waals surface area contributed by atoms with E-state index in [0.29, 0.717) is 10.0 Å². The van der Waals surface area contributed by atoms with Crippen LogP contribution < -0.4 is 0 Å². The number of aromatic hydroxyl groups is 1. The maximum atomic E-state index is 13.7. The summed E-state index contributed by atoms with van der Waals surface area (Å²) in [5.74, 6) is -1.07. The SMILES string of the molecule is Cc1cc(C(C)(C)CO)c(F)c(O)c1Br. The topological polar surface area (TPSA) is 40.5 Å². The molecule has 0 amide bonds.